The quantitative estimate of drug-likeness (QED) is 0.740. The van der Waals surface area contributed by atoms with Crippen LogP contribution in [0.25, 0.3) is 0 Å². The zero-order chi connectivity index (χ0) is 15.8. The van der Waals surface area contributed by atoms with Crippen LogP contribution >= 0.6 is 12.2 Å². The molecule has 1 aromatic carbocycles. The molecular weight excluding hydrogens is 310 g/mol. The predicted octanol–water partition coefficient (Wildman–Crippen LogP) is 2.90. The van der Waals surface area contributed by atoms with E-state index in [2.05, 4.69) is 20.8 Å². The average molecular weight is 327 g/mol. The van der Waals surface area contributed by atoms with Crippen LogP contribution in [0.2, 0.25) is 0 Å². The SMILES string of the molecule is O=C1c2cccc(NC(=S)Nc3ccn[nH]3)c2C2CCCCN12. The van der Waals surface area contributed by atoms with Crippen molar-refractivity contribution in [1.29, 1.82) is 0 Å². The van der Waals surface area contributed by atoms with Gasteiger partial charge in [0.2, 0.25) is 0 Å². The first kappa shape index (κ1) is 14.2. The van der Waals surface area contributed by atoms with Gasteiger partial charge >= 0.3 is 0 Å². The molecule has 4 rings (SSSR count). The Morgan fingerprint density at radius 1 is 1.30 bits per heavy atom. The number of hydrogen-bond acceptors (Lipinski definition) is 3. The number of anilines is 2. The van der Waals surface area contributed by atoms with Crippen LogP contribution in [0.5, 0.6) is 0 Å². The lowest BCUT2D eigenvalue weighted by atomic mass is 9.96. The summed E-state index contributed by atoms with van der Waals surface area (Å²) in [6.07, 6.45) is 4.90. The van der Waals surface area contributed by atoms with Crippen molar-refractivity contribution < 1.29 is 4.79 Å². The van der Waals surface area contributed by atoms with Gasteiger partial charge in [-0.05, 0) is 43.6 Å². The number of nitrogens with zero attached hydrogens (tertiary/aromatic N) is 2. The zero-order valence-electron chi connectivity index (χ0n) is 12.5. The molecule has 0 bridgehead atoms. The molecule has 0 radical (unpaired) electrons. The highest BCUT2D eigenvalue weighted by atomic mass is 32.1. The number of carbonyl (C=O) groups excluding carboxylic acids is 1. The zero-order valence-corrected chi connectivity index (χ0v) is 13.3. The van der Waals surface area contributed by atoms with Crippen molar-refractivity contribution in [3.63, 3.8) is 0 Å². The lowest BCUT2D eigenvalue weighted by Gasteiger charge is -2.30. The highest BCUT2D eigenvalue weighted by Gasteiger charge is 2.39. The van der Waals surface area contributed by atoms with Crippen molar-refractivity contribution >= 4 is 34.7 Å². The van der Waals surface area contributed by atoms with Crippen LogP contribution in [0.3, 0.4) is 0 Å². The Kier molecular flexibility index (Phi) is 3.49. The van der Waals surface area contributed by atoms with Crippen LogP contribution in [-0.2, 0) is 0 Å². The van der Waals surface area contributed by atoms with E-state index in [4.69, 9.17) is 12.2 Å². The number of carbonyl (C=O) groups is 1. The van der Waals surface area contributed by atoms with Crippen LogP contribution in [0.4, 0.5) is 11.5 Å². The fourth-order valence-corrected chi connectivity index (χ4v) is 3.67. The number of thiocarbonyl (C=S) groups is 1. The highest BCUT2D eigenvalue weighted by Crippen LogP contribution is 2.43. The number of benzene rings is 1. The first-order chi connectivity index (χ1) is 11.2. The molecule has 3 heterocycles. The highest BCUT2D eigenvalue weighted by molar-refractivity contribution is 7.80. The van der Waals surface area contributed by atoms with Crippen LogP contribution in [0.15, 0.2) is 30.5 Å². The molecule has 118 valence electrons. The molecule has 1 unspecified atom stereocenters. The predicted molar refractivity (Wildman–Crippen MR) is 92.5 cm³/mol. The molecule has 1 aromatic heterocycles. The molecule has 0 spiro atoms. The molecule has 2 aliphatic heterocycles. The smallest absolute Gasteiger partial charge is 0.254 e. The molecule has 7 heteroatoms. The van der Waals surface area contributed by atoms with E-state index in [-0.39, 0.29) is 11.9 Å². The molecule has 2 aliphatic rings. The Labute approximate surface area is 139 Å². The second kappa shape index (κ2) is 5.66. The second-order valence-corrected chi connectivity index (χ2v) is 6.23. The summed E-state index contributed by atoms with van der Waals surface area (Å²) in [6, 6.07) is 7.76. The normalized spacial score (nSPS) is 19.2. The van der Waals surface area contributed by atoms with E-state index in [0.717, 1.165) is 48.4 Å². The maximum Gasteiger partial charge on any atom is 0.254 e. The van der Waals surface area contributed by atoms with Gasteiger partial charge in [0.15, 0.2) is 5.11 Å². The van der Waals surface area contributed by atoms with E-state index in [1.807, 2.05) is 23.1 Å². The van der Waals surface area contributed by atoms with Gasteiger partial charge in [0.25, 0.3) is 5.91 Å². The molecule has 0 aliphatic carbocycles. The van der Waals surface area contributed by atoms with E-state index in [9.17, 15) is 4.79 Å². The van der Waals surface area contributed by atoms with Crippen molar-refractivity contribution in [2.75, 3.05) is 17.2 Å². The van der Waals surface area contributed by atoms with E-state index < -0.39 is 0 Å². The monoisotopic (exact) mass is 327 g/mol. The minimum absolute atomic E-state index is 0.140. The summed E-state index contributed by atoms with van der Waals surface area (Å²) in [4.78, 5) is 14.6. The average Bonchev–Trinajstić information content (AvgIpc) is 3.16. The maximum absolute atomic E-state index is 12.6. The van der Waals surface area contributed by atoms with Crippen molar-refractivity contribution in [2.45, 2.75) is 25.3 Å². The van der Waals surface area contributed by atoms with Gasteiger partial charge < -0.3 is 15.5 Å². The molecule has 23 heavy (non-hydrogen) atoms. The minimum Gasteiger partial charge on any atom is -0.332 e. The summed E-state index contributed by atoms with van der Waals surface area (Å²) in [5.74, 6) is 0.867. The molecule has 1 amide bonds. The molecule has 1 saturated heterocycles. The molecule has 3 N–H and O–H groups in total. The summed E-state index contributed by atoms with van der Waals surface area (Å²) < 4.78 is 0. The first-order valence-electron chi connectivity index (χ1n) is 7.75. The summed E-state index contributed by atoms with van der Waals surface area (Å²) in [5, 5.41) is 13.4. The summed E-state index contributed by atoms with van der Waals surface area (Å²) in [6.45, 7) is 0.842. The Balaban J connectivity index is 1.61. The molecule has 0 saturated carbocycles. The number of rotatable bonds is 2. The molecular formula is C16H17N5OS. The Bertz CT molecular complexity index is 758. The number of piperidine rings is 1. The topological polar surface area (TPSA) is 73.0 Å². The van der Waals surface area contributed by atoms with Crippen LogP contribution in [0.1, 0.15) is 41.2 Å². The van der Waals surface area contributed by atoms with Crippen molar-refractivity contribution in [3.05, 3.63) is 41.6 Å². The van der Waals surface area contributed by atoms with Gasteiger partial charge in [-0.2, -0.15) is 5.10 Å². The lowest BCUT2D eigenvalue weighted by molar-refractivity contribution is 0.0672. The lowest BCUT2D eigenvalue weighted by Crippen LogP contribution is -2.32. The van der Waals surface area contributed by atoms with E-state index >= 15 is 0 Å². The summed E-state index contributed by atoms with van der Waals surface area (Å²) in [5.41, 5.74) is 2.78. The maximum atomic E-state index is 12.6. The van der Waals surface area contributed by atoms with E-state index in [0.29, 0.717) is 5.11 Å². The number of fused-ring (bicyclic) bond motifs is 3. The fraction of sp³-hybridized carbons (Fsp3) is 0.312. The van der Waals surface area contributed by atoms with Gasteiger partial charge in [0.05, 0.1) is 12.2 Å². The number of aromatic amines is 1. The number of nitrogens with one attached hydrogen (secondary N) is 3. The Morgan fingerprint density at radius 2 is 2.22 bits per heavy atom. The van der Waals surface area contributed by atoms with E-state index in [1.54, 1.807) is 12.3 Å². The first-order valence-corrected chi connectivity index (χ1v) is 8.16. The number of aromatic nitrogens is 2. The summed E-state index contributed by atoms with van der Waals surface area (Å²) >= 11 is 5.36. The van der Waals surface area contributed by atoms with Gasteiger partial charge in [-0.15, -0.1) is 0 Å². The number of hydrogen-bond donors (Lipinski definition) is 3. The van der Waals surface area contributed by atoms with Gasteiger partial charge in [0.1, 0.15) is 5.82 Å². The number of amides is 1. The largest absolute Gasteiger partial charge is 0.332 e. The standard InChI is InChI=1S/C16H17N5OS/c22-15-10-4-3-5-11(14(10)12-6-1-2-9-21(12)15)18-16(23)19-13-7-8-17-20-13/h3-5,7-8,12H,1-2,6,9H2,(H3,17,18,19,20,23). The van der Waals surface area contributed by atoms with Gasteiger partial charge in [-0.1, -0.05) is 6.07 Å². The second-order valence-electron chi connectivity index (χ2n) is 5.83. The van der Waals surface area contributed by atoms with Crippen LogP contribution in [0, 0.1) is 0 Å². The minimum atomic E-state index is 0.140. The summed E-state index contributed by atoms with van der Waals surface area (Å²) in [7, 11) is 0. The van der Waals surface area contributed by atoms with Crippen molar-refractivity contribution in [1.82, 2.24) is 15.1 Å². The number of H-pyrrole nitrogens is 1. The van der Waals surface area contributed by atoms with Gasteiger partial charge in [0, 0.05) is 29.4 Å². The van der Waals surface area contributed by atoms with Gasteiger partial charge in [-0.3, -0.25) is 9.89 Å². The van der Waals surface area contributed by atoms with Gasteiger partial charge in [-0.25, -0.2) is 0 Å². The van der Waals surface area contributed by atoms with Crippen molar-refractivity contribution in [2.24, 2.45) is 0 Å². The van der Waals surface area contributed by atoms with Crippen LogP contribution in [-0.4, -0.2) is 32.7 Å². The van der Waals surface area contributed by atoms with Crippen LogP contribution < -0.4 is 10.6 Å². The molecule has 1 fully saturated rings. The third-order valence-electron chi connectivity index (χ3n) is 4.43. The van der Waals surface area contributed by atoms with Crippen molar-refractivity contribution in [3.8, 4) is 0 Å². The Hall–Kier alpha value is -2.41. The Morgan fingerprint density at radius 3 is 3.04 bits per heavy atom. The molecule has 6 nitrogen and oxygen atoms in total. The third-order valence-corrected chi connectivity index (χ3v) is 4.63. The third kappa shape index (κ3) is 2.46. The fourth-order valence-electron chi connectivity index (χ4n) is 3.45. The van der Waals surface area contributed by atoms with E-state index in [1.165, 1.54) is 0 Å². The molecule has 2 aromatic rings. The molecule has 1 atom stereocenters.